The minimum absolute atomic E-state index is 0.0563. The van der Waals surface area contributed by atoms with E-state index in [1.165, 1.54) is 6.07 Å². The number of amides is 1. The van der Waals surface area contributed by atoms with Gasteiger partial charge in [-0.2, -0.15) is 4.98 Å². The first-order chi connectivity index (χ1) is 15.5. The minimum atomic E-state index is -0.250. The van der Waals surface area contributed by atoms with Gasteiger partial charge in [0.2, 0.25) is 17.6 Å². The van der Waals surface area contributed by atoms with E-state index in [4.69, 9.17) is 4.52 Å². The van der Waals surface area contributed by atoms with Crippen LogP contribution < -0.4 is 5.32 Å². The first-order valence-corrected chi connectivity index (χ1v) is 10.8. The van der Waals surface area contributed by atoms with Crippen molar-refractivity contribution in [2.45, 2.75) is 26.9 Å². The van der Waals surface area contributed by atoms with Crippen LogP contribution >= 0.6 is 0 Å². The summed E-state index contributed by atoms with van der Waals surface area (Å²) in [4.78, 5) is 21.2. The molecule has 0 unspecified atom stereocenters. The van der Waals surface area contributed by atoms with Crippen LogP contribution in [0.3, 0.4) is 0 Å². The lowest BCUT2D eigenvalue weighted by Gasteiger charge is -2.33. The molecule has 4 rings (SSSR count). The van der Waals surface area contributed by atoms with E-state index in [1.807, 2.05) is 37.3 Å². The van der Waals surface area contributed by atoms with Gasteiger partial charge in [0.25, 0.3) is 0 Å². The van der Waals surface area contributed by atoms with Crippen LogP contribution in [0, 0.1) is 19.7 Å². The summed E-state index contributed by atoms with van der Waals surface area (Å²) in [6.45, 7) is 8.21. The van der Waals surface area contributed by atoms with Gasteiger partial charge in [-0.3, -0.25) is 14.6 Å². The zero-order valence-corrected chi connectivity index (χ0v) is 18.5. The quantitative estimate of drug-likeness (QED) is 0.613. The zero-order valence-electron chi connectivity index (χ0n) is 18.5. The van der Waals surface area contributed by atoms with Crippen LogP contribution in [0.1, 0.15) is 22.6 Å². The maximum atomic E-state index is 13.6. The topological polar surface area (TPSA) is 74.5 Å². The molecule has 0 radical (unpaired) electrons. The Morgan fingerprint density at radius 1 is 1.06 bits per heavy atom. The van der Waals surface area contributed by atoms with E-state index in [0.717, 1.165) is 42.9 Å². The van der Waals surface area contributed by atoms with Crippen molar-refractivity contribution >= 4 is 5.91 Å². The molecule has 0 spiro atoms. The summed E-state index contributed by atoms with van der Waals surface area (Å²) in [5.41, 5.74) is 3.45. The molecular formula is C24H28FN5O2. The number of hydrogen-bond acceptors (Lipinski definition) is 6. The van der Waals surface area contributed by atoms with E-state index in [1.54, 1.807) is 13.0 Å². The molecule has 7 nitrogen and oxygen atoms in total. The van der Waals surface area contributed by atoms with Crippen molar-refractivity contribution in [1.29, 1.82) is 0 Å². The third-order valence-electron chi connectivity index (χ3n) is 5.77. The predicted octanol–water partition coefficient (Wildman–Crippen LogP) is 2.93. The van der Waals surface area contributed by atoms with Gasteiger partial charge < -0.3 is 9.84 Å². The van der Waals surface area contributed by atoms with Crippen LogP contribution in [-0.4, -0.2) is 58.6 Å². The highest BCUT2D eigenvalue weighted by molar-refractivity contribution is 5.78. The van der Waals surface area contributed by atoms with Gasteiger partial charge in [-0.05, 0) is 36.6 Å². The Balaban J connectivity index is 1.21. The SMILES string of the molecule is Cc1ccc(CNC(=O)CN2CCN(Cc3nc(-c4ccccc4C)no3)CC2)cc1F. The molecule has 3 aromatic rings. The number of halogens is 1. The molecule has 1 aliphatic heterocycles. The highest BCUT2D eigenvalue weighted by atomic mass is 19.1. The molecule has 0 aliphatic carbocycles. The molecule has 2 heterocycles. The van der Waals surface area contributed by atoms with E-state index in [9.17, 15) is 9.18 Å². The molecule has 2 aromatic carbocycles. The monoisotopic (exact) mass is 437 g/mol. The summed E-state index contributed by atoms with van der Waals surface area (Å²) in [5, 5.41) is 7.00. The average molecular weight is 438 g/mol. The zero-order chi connectivity index (χ0) is 22.5. The Morgan fingerprint density at radius 3 is 2.56 bits per heavy atom. The van der Waals surface area contributed by atoms with Crippen molar-refractivity contribution in [3.05, 3.63) is 70.9 Å². The van der Waals surface area contributed by atoms with E-state index in [-0.39, 0.29) is 11.7 Å². The number of benzene rings is 2. The van der Waals surface area contributed by atoms with Gasteiger partial charge in [0.15, 0.2) is 0 Å². The summed E-state index contributed by atoms with van der Waals surface area (Å²) >= 11 is 0. The van der Waals surface area contributed by atoms with Crippen molar-refractivity contribution in [2.75, 3.05) is 32.7 Å². The number of aromatic nitrogens is 2. The number of nitrogens with zero attached hydrogens (tertiary/aromatic N) is 4. The molecule has 1 fully saturated rings. The van der Waals surface area contributed by atoms with Gasteiger partial charge in [-0.25, -0.2) is 4.39 Å². The molecule has 1 aromatic heterocycles. The van der Waals surface area contributed by atoms with Crippen molar-refractivity contribution in [3.8, 4) is 11.4 Å². The van der Waals surface area contributed by atoms with Crippen LogP contribution in [0.5, 0.6) is 0 Å². The lowest BCUT2D eigenvalue weighted by Crippen LogP contribution is -2.49. The molecule has 168 valence electrons. The van der Waals surface area contributed by atoms with Crippen molar-refractivity contribution in [2.24, 2.45) is 0 Å². The second-order valence-corrected chi connectivity index (χ2v) is 8.24. The molecule has 1 saturated heterocycles. The van der Waals surface area contributed by atoms with E-state index in [0.29, 0.717) is 36.9 Å². The maximum Gasteiger partial charge on any atom is 0.241 e. The predicted molar refractivity (Wildman–Crippen MR) is 119 cm³/mol. The fourth-order valence-electron chi connectivity index (χ4n) is 3.76. The highest BCUT2D eigenvalue weighted by Gasteiger charge is 2.21. The van der Waals surface area contributed by atoms with E-state index in [2.05, 4.69) is 25.3 Å². The van der Waals surface area contributed by atoms with Gasteiger partial charge >= 0.3 is 0 Å². The van der Waals surface area contributed by atoms with Gasteiger partial charge in [0, 0.05) is 38.3 Å². The van der Waals surface area contributed by atoms with Crippen LogP contribution in [0.2, 0.25) is 0 Å². The largest absolute Gasteiger partial charge is 0.351 e. The lowest BCUT2D eigenvalue weighted by atomic mass is 10.1. The number of carbonyl (C=O) groups excluding carboxylic acids is 1. The van der Waals surface area contributed by atoms with Crippen molar-refractivity contribution < 1.29 is 13.7 Å². The standard InChI is InChI=1S/C24H28FN5O2/c1-17-5-3-4-6-20(17)24-27-23(32-28-24)16-30-11-9-29(10-12-30)15-22(31)26-14-19-8-7-18(2)21(25)13-19/h3-8,13H,9-12,14-16H2,1-2H3,(H,26,31). The molecule has 32 heavy (non-hydrogen) atoms. The number of rotatable bonds is 7. The van der Waals surface area contributed by atoms with E-state index < -0.39 is 0 Å². The molecule has 0 saturated carbocycles. The van der Waals surface area contributed by atoms with Gasteiger partial charge in [0.05, 0.1) is 13.1 Å². The summed E-state index contributed by atoms with van der Waals surface area (Å²) in [6, 6.07) is 13.0. The highest BCUT2D eigenvalue weighted by Crippen LogP contribution is 2.20. The third-order valence-corrected chi connectivity index (χ3v) is 5.77. The summed E-state index contributed by atoms with van der Waals surface area (Å²) in [5.74, 6) is 0.904. The Bertz CT molecular complexity index is 1080. The molecule has 0 atom stereocenters. The van der Waals surface area contributed by atoms with Crippen LogP contribution in [-0.2, 0) is 17.9 Å². The average Bonchev–Trinajstić information content (AvgIpc) is 3.24. The molecular weight excluding hydrogens is 409 g/mol. The first kappa shape index (κ1) is 22.1. The van der Waals surface area contributed by atoms with Crippen LogP contribution in [0.15, 0.2) is 47.0 Å². The smallest absolute Gasteiger partial charge is 0.241 e. The number of carbonyl (C=O) groups is 1. The fraction of sp³-hybridized carbons (Fsp3) is 0.375. The van der Waals surface area contributed by atoms with Crippen molar-refractivity contribution in [1.82, 2.24) is 25.3 Å². The Kier molecular flexibility index (Phi) is 6.92. The van der Waals surface area contributed by atoms with Crippen LogP contribution in [0.4, 0.5) is 4.39 Å². The van der Waals surface area contributed by atoms with Gasteiger partial charge in [0.1, 0.15) is 5.82 Å². The second kappa shape index (κ2) is 10.0. The number of aryl methyl sites for hydroxylation is 2. The normalized spacial score (nSPS) is 15.1. The minimum Gasteiger partial charge on any atom is -0.351 e. The number of piperazine rings is 1. The summed E-state index contributed by atoms with van der Waals surface area (Å²) < 4.78 is 19.1. The Hall–Kier alpha value is -3.10. The maximum absolute atomic E-state index is 13.6. The molecule has 0 bridgehead atoms. The second-order valence-electron chi connectivity index (χ2n) is 8.24. The summed E-state index contributed by atoms with van der Waals surface area (Å²) in [6.07, 6.45) is 0. The van der Waals surface area contributed by atoms with Crippen molar-refractivity contribution in [3.63, 3.8) is 0 Å². The van der Waals surface area contributed by atoms with Crippen LogP contribution in [0.25, 0.3) is 11.4 Å². The van der Waals surface area contributed by atoms with E-state index >= 15 is 0 Å². The van der Waals surface area contributed by atoms with Gasteiger partial charge in [-0.1, -0.05) is 41.6 Å². The molecule has 8 heteroatoms. The first-order valence-electron chi connectivity index (χ1n) is 10.8. The summed E-state index contributed by atoms with van der Waals surface area (Å²) in [7, 11) is 0. The molecule has 1 aliphatic rings. The molecule has 1 N–H and O–H groups in total. The molecule has 1 amide bonds. The Morgan fingerprint density at radius 2 is 1.81 bits per heavy atom. The number of nitrogens with one attached hydrogen (secondary N) is 1. The fourth-order valence-corrected chi connectivity index (χ4v) is 3.76. The number of hydrogen-bond donors (Lipinski definition) is 1. The third kappa shape index (κ3) is 5.57. The lowest BCUT2D eigenvalue weighted by molar-refractivity contribution is -0.122. The Labute approximate surface area is 187 Å². The van der Waals surface area contributed by atoms with Gasteiger partial charge in [-0.15, -0.1) is 0 Å².